The van der Waals surface area contributed by atoms with Crippen molar-refractivity contribution in [3.05, 3.63) is 53.7 Å². The Morgan fingerprint density at radius 3 is 2.72 bits per heavy atom. The minimum absolute atomic E-state index is 0.0789. The predicted molar refractivity (Wildman–Crippen MR) is 91.1 cm³/mol. The first kappa shape index (κ1) is 15.9. The number of benzene rings is 1. The maximum absolute atomic E-state index is 12.8. The molecule has 6 nitrogen and oxygen atoms in total. The number of fused-ring (bicyclic) bond motifs is 1. The largest absolute Gasteiger partial charge is 0.485 e. The van der Waals surface area contributed by atoms with Gasteiger partial charge in [0.2, 0.25) is 11.7 Å². The fraction of sp³-hybridized carbons (Fsp3) is 0.421. The topological polar surface area (TPSA) is 68.5 Å². The number of likely N-dealkylation sites (tertiary alicyclic amines) is 1. The molecule has 6 heteroatoms. The van der Waals surface area contributed by atoms with Crippen molar-refractivity contribution in [2.45, 2.75) is 26.4 Å². The van der Waals surface area contributed by atoms with Crippen LogP contribution in [0, 0.1) is 18.8 Å². The number of ether oxygens (including phenoxy) is 1. The zero-order chi connectivity index (χ0) is 17.2. The van der Waals surface area contributed by atoms with E-state index in [1.807, 2.05) is 23.1 Å². The van der Waals surface area contributed by atoms with Crippen molar-refractivity contribution in [2.24, 2.45) is 11.8 Å². The number of hydrogen-bond donors (Lipinski definition) is 0. The smallest absolute Gasteiger partial charge is 0.254 e. The van der Waals surface area contributed by atoms with E-state index in [1.54, 1.807) is 13.0 Å². The fourth-order valence-corrected chi connectivity index (χ4v) is 3.63. The SMILES string of the molecule is Cc1nc(COc2cccc(C(=O)N3C[C@@H]4CC=CC[C@H]4C3)c2)no1. The number of nitrogens with zero attached hydrogens (tertiary/aromatic N) is 3. The number of carbonyl (C=O) groups is 1. The van der Waals surface area contributed by atoms with E-state index in [4.69, 9.17) is 9.26 Å². The third kappa shape index (κ3) is 3.43. The van der Waals surface area contributed by atoms with Crippen LogP contribution in [-0.2, 0) is 6.61 Å². The molecule has 1 fully saturated rings. The highest BCUT2D eigenvalue weighted by Crippen LogP contribution is 2.33. The Morgan fingerprint density at radius 2 is 2.04 bits per heavy atom. The minimum Gasteiger partial charge on any atom is -0.485 e. The van der Waals surface area contributed by atoms with Gasteiger partial charge in [-0.15, -0.1) is 0 Å². The highest BCUT2D eigenvalue weighted by molar-refractivity contribution is 5.94. The molecule has 0 spiro atoms. The maximum atomic E-state index is 12.8. The quantitative estimate of drug-likeness (QED) is 0.801. The summed E-state index contributed by atoms with van der Waals surface area (Å²) in [5.41, 5.74) is 0.661. The molecular formula is C19H21N3O3. The summed E-state index contributed by atoms with van der Waals surface area (Å²) in [7, 11) is 0. The molecule has 1 aromatic carbocycles. The van der Waals surface area contributed by atoms with Gasteiger partial charge in [0.1, 0.15) is 5.75 Å². The van der Waals surface area contributed by atoms with Gasteiger partial charge in [0.15, 0.2) is 6.61 Å². The zero-order valence-electron chi connectivity index (χ0n) is 14.2. The van der Waals surface area contributed by atoms with Crippen LogP contribution in [0.4, 0.5) is 0 Å². The highest BCUT2D eigenvalue weighted by Gasteiger charge is 2.35. The summed E-state index contributed by atoms with van der Waals surface area (Å²) >= 11 is 0. The van der Waals surface area contributed by atoms with Gasteiger partial charge < -0.3 is 14.2 Å². The van der Waals surface area contributed by atoms with Gasteiger partial charge in [0, 0.05) is 25.6 Å². The maximum Gasteiger partial charge on any atom is 0.254 e. The van der Waals surface area contributed by atoms with Crippen molar-refractivity contribution >= 4 is 5.91 Å². The monoisotopic (exact) mass is 339 g/mol. The van der Waals surface area contributed by atoms with E-state index in [-0.39, 0.29) is 12.5 Å². The van der Waals surface area contributed by atoms with Crippen molar-refractivity contribution in [1.29, 1.82) is 0 Å². The standard InChI is InChI=1S/C19H21N3O3/c1-13-20-18(21-25-13)12-24-17-8-4-7-14(9-17)19(23)22-10-15-5-2-3-6-16(15)11-22/h2-4,7-9,15-16H,5-6,10-12H2,1H3/t15-,16-/m0/s1. The number of aromatic nitrogens is 2. The molecule has 1 saturated heterocycles. The molecule has 2 aromatic rings. The molecule has 0 unspecified atom stereocenters. The summed E-state index contributed by atoms with van der Waals surface area (Å²) < 4.78 is 10.6. The molecule has 1 aromatic heterocycles. The second-order valence-corrected chi connectivity index (χ2v) is 6.72. The van der Waals surface area contributed by atoms with Gasteiger partial charge in [-0.05, 0) is 42.9 Å². The zero-order valence-corrected chi connectivity index (χ0v) is 14.2. The lowest BCUT2D eigenvalue weighted by Crippen LogP contribution is -2.29. The Kier molecular flexibility index (Phi) is 4.26. The second-order valence-electron chi connectivity index (χ2n) is 6.72. The summed E-state index contributed by atoms with van der Waals surface area (Å²) in [6.45, 7) is 3.65. The van der Waals surface area contributed by atoms with Gasteiger partial charge in [-0.2, -0.15) is 4.98 Å². The molecule has 4 rings (SSSR count). The van der Waals surface area contributed by atoms with Gasteiger partial charge in [-0.25, -0.2) is 0 Å². The molecule has 1 amide bonds. The molecule has 1 aliphatic carbocycles. The number of amides is 1. The normalized spacial score (nSPS) is 22.0. The van der Waals surface area contributed by atoms with E-state index in [1.165, 1.54) is 0 Å². The van der Waals surface area contributed by atoms with E-state index < -0.39 is 0 Å². The van der Waals surface area contributed by atoms with Crippen LogP contribution in [-0.4, -0.2) is 34.0 Å². The van der Waals surface area contributed by atoms with Crippen LogP contribution < -0.4 is 4.74 Å². The van der Waals surface area contributed by atoms with Crippen molar-refractivity contribution in [1.82, 2.24) is 15.0 Å². The summed E-state index contributed by atoms with van der Waals surface area (Å²) in [6.07, 6.45) is 6.65. The van der Waals surface area contributed by atoms with Gasteiger partial charge in [0.05, 0.1) is 0 Å². The van der Waals surface area contributed by atoms with Gasteiger partial charge >= 0.3 is 0 Å². The molecule has 1 aliphatic heterocycles. The Bertz CT molecular complexity index is 783. The number of allylic oxidation sites excluding steroid dienone is 2. The first-order chi connectivity index (χ1) is 12.2. The van der Waals surface area contributed by atoms with Gasteiger partial charge in [-0.1, -0.05) is 23.4 Å². The molecule has 0 N–H and O–H groups in total. The van der Waals surface area contributed by atoms with Crippen LogP contribution >= 0.6 is 0 Å². The Balaban J connectivity index is 1.41. The Labute approximate surface area is 146 Å². The van der Waals surface area contributed by atoms with E-state index in [0.717, 1.165) is 25.9 Å². The minimum atomic E-state index is 0.0789. The van der Waals surface area contributed by atoms with Crippen LogP contribution in [0.25, 0.3) is 0 Å². The van der Waals surface area contributed by atoms with Crippen LogP contribution in [0.15, 0.2) is 40.9 Å². The summed E-state index contributed by atoms with van der Waals surface area (Å²) in [6, 6.07) is 7.30. The number of rotatable bonds is 4. The summed E-state index contributed by atoms with van der Waals surface area (Å²) in [5, 5.41) is 3.80. The van der Waals surface area contributed by atoms with E-state index in [2.05, 4.69) is 22.3 Å². The van der Waals surface area contributed by atoms with Gasteiger partial charge in [-0.3, -0.25) is 4.79 Å². The van der Waals surface area contributed by atoms with Crippen molar-refractivity contribution in [3.8, 4) is 5.75 Å². The number of hydrogen-bond acceptors (Lipinski definition) is 5. The third-order valence-electron chi connectivity index (χ3n) is 4.93. The highest BCUT2D eigenvalue weighted by atomic mass is 16.5. The van der Waals surface area contributed by atoms with Crippen LogP contribution in [0.5, 0.6) is 5.75 Å². The molecule has 2 atom stereocenters. The molecule has 0 bridgehead atoms. The Hall–Kier alpha value is -2.63. The predicted octanol–water partition coefficient (Wildman–Crippen LogP) is 3.00. The van der Waals surface area contributed by atoms with Crippen molar-refractivity contribution < 1.29 is 14.1 Å². The number of aryl methyl sites for hydroxylation is 1. The lowest BCUT2D eigenvalue weighted by Gasteiger charge is -2.17. The Morgan fingerprint density at radius 1 is 1.28 bits per heavy atom. The van der Waals surface area contributed by atoms with Crippen LogP contribution in [0.2, 0.25) is 0 Å². The lowest BCUT2D eigenvalue weighted by molar-refractivity contribution is 0.0783. The van der Waals surface area contributed by atoms with Crippen LogP contribution in [0.1, 0.15) is 34.9 Å². The molecular weight excluding hydrogens is 318 g/mol. The molecule has 25 heavy (non-hydrogen) atoms. The van der Waals surface area contributed by atoms with E-state index in [0.29, 0.717) is 34.9 Å². The first-order valence-electron chi connectivity index (χ1n) is 8.65. The molecule has 0 radical (unpaired) electrons. The molecule has 130 valence electrons. The van der Waals surface area contributed by atoms with Crippen molar-refractivity contribution in [2.75, 3.05) is 13.1 Å². The molecule has 2 aliphatic rings. The third-order valence-corrected chi connectivity index (χ3v) is 4.93. The number of carbonyl (C=O) groups excluding carboxylic acids is 1. The fourth-order valence-electron chi connectivity index (χ4n) is 3.63. The summed E-state index contributed by atoms with van der Waals surface area (Å²) in [5.74, 6) is 2.92. The molecule has 0 saturated carbocycles. The first-order valence-corrected chi connectivity index (χ1v) is 8.65. The van der Waals surface area contributed by atoms with E-state index in [9.17, 15) is 4.79 Å². The average molecular weight is 339 g/mol. The van der Waals surface area contributed by atoms with E-state index >= 15 is 0 Å². The van der Waals surface area contributed by atoms with Crippen LogP contribution in [0.3, 0.4) is 0 Å². The molecule has 2 heterocycles. The van der Waals surface area contributed by atoms with Gasteiger partial charge in [0.25, 0.3) is 5.91 Å². The summed E-state index contributed by atoms with van der Waals surface area (Å²) in [4.78, 5) is 18.9. The second kappa shape index (κ2) is 6.70. The average Bonchev–Trinajstić information content (AvgIpc) is 3.25. The van der Waals surface area contributed by atoms with Crippen molar-refractivity contribution in [3.63, 3.8) is 0 Å². The lowest BCUT2D eigenvalue weighted by atomic mass is 9.86.